The molecule has 2 aliphatic heterocycles. The predicted molar refractivity (Wildman–Crippen MR) is 117 cm³/mol. The van der Waals surface area contributed by atoms with Crippen LogP contribution in [0, 0.1) is 5.92 Å². The molecule has 2 aromatic rings. The molecular weight excluding hydrogens is 438 g/mol. The van der Waals surface area contributed by atoms with Crippen molar-refractivity contribution in [3.05, 3.63) is 40.9 Å². The standard InChI is InChI=1S/C21H28ClN5O3S/c22-17-7-9-18(10-8-17)31(29,30)26-13-4-5-16(15-26)21(28)23-12-11-20-25-24-19-6-2-1-3-14-27(19)20/h7-10,16H,1-6,11-15H2,(H,23,28). The van der Waals surface area contributed by atoms with E-state index >= 15 is 0 Å². The molecule has 168 valence electrons. The molecule has 1 aromatic heterocycles. The maximum atomic E-state index is 12.9. The van der Waals surface area contributed by atoms with Gasteiger partial charge in [0.15, 0.2) is 0 Å². The minimum Gasteiger partial charge on any atom is -0.355 e. The summed E-state index contributed by atoms with van der Waals surface area (Å²) in [6.07, 6.45) is 6.39. The molecule has 1 atom stereocenters. The van der Waals surface area contributed by atoms with Gasteiger partial charge < -0.3 is 9.88 Å². The molecule has 0 radical (unpaired) electrons. The average Bonchev–Trinajstić information content (AvgIpc) is 3.00. The highest BCUT2D eigenvalue weighted by molar-refractivity contribution is 7.89. The van der Waals surface area contributed by atoms with Crippen LogP contribution in [-0.4, -0.2) is 53.0 Å². The van der Waals surface area contributed by atoms with Crippen LogP contribution in [0.4, 0.5) is 0 Å². The number of sulfonamides is 1. The topological polar surface area (TPSA) is 97.2 Å². The quantitative estimate of drug-likeness (QED) is 0.706. The number of hydrogen-bond donors (Lipinski definition) is 1. The molecular formula is C21H28ClN5O3S. The number of aryl methyl sites for hydroxylation is 1. The highest BCUT2D eigenvalue weighted by Crippen LogP contribution is 2.25. The van der Waals surface area contributed by atoms with Gasteiger partial charge in [-0.25, -0.2) is 8.42 Å². The van der Waals surface area contributed by atoms with Crippen LogP contribution in [0.2, 0.25) is 5.02 Å². The molecule has 1 N–H and O–H groups in total. The third kappa shape index (κ3) is 5.10. The van der Waals surface area contributed by atoms with Crippen LogP contribution in [0.15, 0.2) is 29.2 Å². The molecule has 8 nitrogen and oxygen atoms in total. The van der Waals surface area contributed by atoms with Crippen molar-refractivity contribution in [1.29, 1.82) is 0 Å². The molecule has 1 fully saturated rings. The highest BCUT2D eigenvalue weighted by atomic mass is 35.5. The van der Waals surface area contributed by atoms with Gasteiger partial charge in [-0.3, -0.25) is 4.79 Å². The number of carbonyl (C=O) groups excluding carboxylic acids is 1. The van der Waals surface area contributed by atoms with Crippen molar-refractivity contribution in [1.82, 2.24) is 24.4 Å². The van der Waals surface area contributed by atoms with Crippen LogP contribution in [0.25, 0.3) is 0 Å². The van der Waals surface area contributed by atoms with Crippen LogP contribution in [0.1, 0.15) is 43.8 Å². The average molecular weight is 466 g/mol. The monoisotopic (exact) mass is 465 g/mol. The second-order valence-electron chi connectivity index (χ2n) is 8.19. The summed E-state index contributed by atoms with van der Waals surface area (Å²) in [5, 5.41) is 12.1. The Bertz CT molecular complexity index is 1020. The number of aromatic nitrogens is 3. The van der Waals surface area contributed by atoms with Crippen molar-refractivity contribution in [2.45, 2.75) is 56.4 Å². The van der Waals surface area contributed by atoms with E-state index in [-0.39, 0.29) is 23.3 Å². The van der Waals surface area contributed by atoms with Gasteiger partial charge in [-0.1, -0.05) is 18.0 Å². The molecule has 3 heterocycles. The number of amides is 1. The second-order valence-corrected chi connectivity index (χ2v) is 10.6. The number of fused-ring (bicyclic) bond motifs is 1. The summed E-state index contributed by atoms with van der Waals surface area (Å²) < 4.78 is 29.5. The summed E-state index contributed by atoms with van der Waals surface area (Å²) in [6, 6.07) is 6.13. The van der Waals surface area contributed by atoms with E-state index in [0.717, 1.165) is 37.5 Å². The SMILES string of the molecule is O=C(NCCc1nnc2n1CCCCC2)C1CCCN(S(=O)(=O)c2ccc(Cl)cc2)C1. The van der Waals surface area contributed by atoms with E-state index < -0.39 is 10.0 Å². The Labute approximate surface area is 188 Å². The van der Waals surface area contributed by atoms with Crippen LogP contribution in [-0.2, 0) is 34.2 Å². The van der Waals surface area contributed by atoms with Crippen LogP contribution in [0.5, 0.6) is 0 Å². The Morgan fingerprint density at radius 1 is 1.10 bits per heavy atom. The van der Waals surface area contributed by atoms with E-state index in [1.165, 1.54) is 22.9 Å². The fourth-order valence-electron chi connectivity index (χ4n) is 4.30. The first-order chi connectivity index (χ1) is 14.9. The van der Waals surface area contributed by atoms with Gasteiger partial charge in [-0.2, -0.15) is 4.31 Å². The van der Waals surface area contributed by atoms with Crippen molar-refractivity contribution in [2.24, 2.45) is 5.92 Å². The lowest BCUT2D eigenvalue weighted by atomic mass is 9.99. The molecule has 0 aliphatic carbocycles. The molecule has 31 heavy (non-hydrogen) atoms. The zero-order chi connectivity index (χ0) is 21.8. The van der Waals surface area contributed by atoms with Gasteiger partial charge in [0.25, 0.3) is 0 Å². The summed E-state index contributed by atoms with van der Waals surface area (Å²) in [5.41, 5.74) is 0. The first kappa shape index (κ1) is 22.2. The number of nitrogens with one attached hydrogen (secondary N) is 1. The third-order valence-corrected chi connectivity index (χ3v) is 8.17. The van der Waals surface area contributed by atoms with Gasteiger partial charge in [0.1, 0.15) is 11.6 Å². The number of benzene rings is 1. The van der Waals surface area contributed by atoms with Gasteiger partial charge in [-0.05, 0) is 49.9 Å². The van der Waals surface area contributed by atoms with Gasteiger partial charge in [-0.15, -0.1) is 10.2 Å². The molecule has 0 spiro atoms. The van der Waals surface area contributed by atoms with Gasteiger partial charge >= 0.3 is 0 Å². The Morgan fingerprint density at radius 3 is 2.71 bits per heavy atom. The number of piperidine rings is 1. The first-order valence-corrected chi connectivity index (χ1v) is 12.7. The van der Waals surface area contributed by atoms with Crippen LogP contribution < -0.4 is 5.32 Å². The summed E-state index contributed by atoms with van der Waals surface area (Å²) >= 11 is 5.87. The number of hydrogen-bond acceptors (Lipinski definition) is 5. The van der Waals surface area contributed by atoms with Crippen molar-refractivity contribution in [3.8, 4) is 0 Å². The molecule has 1 aromatic carbocycles. The summed E-state index contributed by atoms with van der Waals surface area (Å²) in [4.78, 5) is 12.9. The summed E-state index contributed by atoms with van der Waals surface area (Å²) in [7, 11) is -3.64. The fourth-order valence-corrected chi connectivity index (χ4v) is 5.95. The minimum absolute atomic E-state index is 0.105. The molecule has 1 unspecified atom stereocenters. The van der Waals surface area contributed by atoms with E-state index in [0.29, 0.717) is 37.4 Å². The zero-order valence-corrected chi connectivity index (χ0v) is 19.0. The first-order valence-electron chi connectivity index (χ1n) is 10.9. The third-order valence-electron chi connectivity index (χ3n) is 6.04. The van der Waals surface area contributed by atoms with Gasteiger partial charge in [0.2, 0.25) is 15.9 Å². The molecule has 1 saturated heterocycles. The smallest absolute Gasteiger partial charge is 0.243 e. The Kier molecular flexibility index (Phi) is 6.93. The summed E-state index contributed by atoms with van der Waals surface area (Å²) in [6.45, 7) is 2.01. The van der Waals surface area contributed by atoms with Crippen molar-refractivity contribution >= 4 is 27.5 Å². The van der Waals surface area contributed by atoms with E-state index in [9.17, 15) is 13.2 Å². The van der Waals surface area contributed by atoms with Gasteiger partial charge in [0.05, 0.1) is 10.8 Å². The van der Waals surface area contributed by atoms with Crippen molar-refractivity contribution < 1.29 is 13.2 Å². The molecule has 1 amide bonds. The number of rotatable bonds is 6. The van der Waals surface area contributed by atoms with Gasteiger partial charge in [0, 0.05) is 44.0 Å². The van der Waals surface area contributed by atoms with E-state index in [2.05, 4.69) is 20.1 Å². The maximum Gasteiger partial charge on any atom is 0.243 e. The number of halogens is 1. The van der Waals surface area contributed by atoms with Crippen molar-refractivity contribution in [3.63, 3.8) is 0 Å². The second kappa shape index (κ2) is 9.67. The largest absolute Gasteiger partial charge is 0.355 e. The zero-order valence-electron chi connectivity index (χ0n) is 17.5. The Balaban J connectivity index is 1.33. The Hall–Kier alpha value is -1.97. The molecule has 2 aliphatic rings. The highest BCUT2D eigenvalue weighted by Gasteiger charge is 2.33. The maximum absolute atomic E-state index is 12.9. The molecule has 0 bridgehead atoms. The molecule has 4 rings (SSSR count). The fraction of sp³-hybridized carbons (Fsp3) is 0.571. The van der Waals surface area contributed by atoms with E-state index in [1.807, 2.05) is 0 Å². The molecule has 0 saturated carbocycles. The van der Waals surface area contributed by atoms with Crippen molar-refractivity contribution in [2.75, 3.05) is 19.6 Å². The normalized spacial score (nSPS) is 20.1. The molecule has 10 heteroatoms. The summed E-state index contributed by atoms with van der Waals surface area (Å²) in [5.74, 6) is 1.49. The van der Waals surface area contributed by atoms with Crippen LogP contribution >= 0.6 is 11.6 Å². The minimum atomic E-state index is -3.64. The predicted octanol–water partition coefficient (Wildman–Crippen LogP) is 2.42. The van der Waals surface area contributed by atoms with E-state index in [1.54, 1.807) is 12.1 Å². The Morgan fingerprint density at radius 2 is 1.90 bits per heavy atom. The lowest BCUT2D eigenvalue weighted by Crippen LogP contribution is -2.45. The number of nitrogens with zero attached hydrogens (tertiary/aromatic N) is 4. The number of carbonyl (C=O) groups is 1. The van der Waals surface area contributed by atoms with E-state index in [4.69, 9.17) is 11.6 Å². The van der Waals surface area contributed by atoms with Crippen LogP contribution in [0.3, 0.4) is 0 Å². The lowest BCUT2D eigenvalue weighted by molar-refractivity contribution is -0.126. The lowest BCUT2D eigenvalue weighted by Gasteiger charge is -2.31.